The first-order chi connectivity index (χ1) is 6.56. The third-order valence-corrected chi connectivity index (χ3v) is 2.66. The van der Waals surface area contributed by atoms with Crippen LogP contribution in [0.2, 0.25) is 0 Å². The fourth-order valence-corrected chi connectivity index (χ4v) is 1.60. The van der Waals surface area contributed by atoms with E-state index in [0.717, 1.165) is 6.29 Å². The van der Waals surface area contributed by atoms with Gasteiger partial charge in [-0.3, -0.25) is 9.59 Å². The second-order valence-electron chi connectivity index (χ2n) is 2.83. The smallest absolute Gasteiger partial charge is 0.180 e. The second-order valence-corrected chi connectivity index (χ2v) is 4.34. The fourth-order valence-electron chi connectivity index (χ4n) is 1.01. The molecule has 1 unspecified atom stereocenters. The predicted molar refractivity (Wildman–Crippen MR) is 59.2 cm³/mol. The highest BCUT2D eigenvalue weighted by atomic mass is 79.9. The van der Waals surface area contributed by atoms with Crippen LogP contribution in [0.5, 0.6) is 0 Å². The van der Waals surface area contributed by atoms with Gasteiger partial charge in [-0.25, -0.2) is 0 Å². The quantitative estimate of drug-likeness (QED) is 0.483. The van der Waals surface area contributed by atoms with Gasteiger partial charge in [0, 0.05) is 15.6 Å². The van der Waals surface area contributed by atoms with Gasteiger partial charge in [-0.05, 0) is 19.1 Å². The number of carbonyl (C=O) groups excluding carboxylic acids is 2. The van der Waals surface area contributed by atoms with E-state index in [1.54, 1.807) is 25.1 Å². The Labute approximate surface area is 95.4 Å². The van der Waals surface area contributed by atoms with Crippen LogP contribution in [0.15, 0.2) is 22.7 Å². The van der Waals surface area contributed by atoms with Crippen LogP contribution in [0.4, 0.5) is 0 Å². The highest BCUT2D eigenvalue weighted by Crippen LogP contribution is 2.18. The Morgan fingerprint density at radius 1 is 1.57 bits per heavy atom. The largest absolute Gasteiger partial charge is 0.298 e. The van der Waals surface area contributed by atoms with Crippen molar-refractivity contribution in [3.8, 4) is 0 Å². The van der Waals surface area contributed by atoms with Crippen molar-refractivity contribution in [2.45, 2.75) is 12.3 Å². The second kappa shape index (κ2) is 4.71. The van der Waals surface area contributed by atoms with E-state index in [-0.39, 0.29) is 5.78 Å². The Morgan fingerprint density at radius 2 is 2.21 bits per heavy atom. The summed E-state index contributed by atoms with van der Waals surface area (Å²) in [5, 5.41) is -0.552. The van der Waals surface area contributed by atoms with Crippen LogP contribution in [0, 0.1) is 0 Å². The van der Waals surface area contributed by atoms with Crippen LogP contribution in [-0.4, -0.2) is 17.4 Å². The number of ketones is 1. The summed E-state index contributed by atoms with van der Waals surface area (Å²) in [5.74, 6) is -0.148. The Bertz CT molecular complexity index is 374. The number of halogens is 2. The summed E-state index contributed by atoms with van der Waals surface area (Å²) in [5.41, 5.74) is 1.02. The molecule has 2 nitrogen and oxygen atoms in total. The van der Waals surface area contributed by atoms with Crippen molar-refractivity contribution in [3.05, 3.63) is 33.8 Å². The van der Waals surface area contributed by atoms with Gasteiger partial charge in [-0.2, -0.15) is 0 Å². The minimum Gasteiger partial charge on any atom is -0.298 e. The molecule has 0 fully saturated rings. The number of alkyl halides is 1. The van der Waals surface area contributed by atoms with Crippen molar-refractivity contribution in [1.29, 1.82) is 0 Å². The zero-order valence-corrected chi connectivity index (χ0v) is 9.80. The van der Waals surface area contributed by atoms with Gasteiger partial charge in [-0.15, -0.1) is 11.6 Å². The number of carbonyl (C=O) groups is 2. The molecule has 14 heavy (non-hydrogen) atoms. The van der Waals surface area contributed by atoms with E-state index in [1.165, 1.54) is 0 Å². The third kappa shape index (κ3) is 2.42. The molecule has 1 rings (SSSR count). The average Bonchev–Trinajstić information content (AvgIpc) is 2.16. The molecule has 0 aromatic heterocycles. The summed E-state index contributed by atoms with van der Waals surface area (Å²) in [4.78, 5) is 22.0. The summed E-state index contributed by atoms with van der Waals surface area (Å²) < 4.78 is 0.607. The maximum atomic E-state index is 11.5. The first-order valence-corrected chi connectivity index (χ1v) is 5.22. The molecule has 0 saturated carbocycles. The zero-order valence-electron chi connectivity index (χ0n) is 7.46. The van der Waals surface area contributed by atoms with Gasteiger partial charge in [-0.1, -0.05) is 22.0 Å². The lowest BCUT2D eigenvalue weighted by Gasteiger charge is -2.03. The normalized spacial score (nSPS) is 12.2. The molecule has 0 amide bonds. The molecule has 1 aromatic rings. The lowest BCUT2D eigenvalue weighted by atomic mass is 10.1. The van der Waals surface area contributed by atoms with Crippen molar-refractivity contribution in [2.75, 3.05) is 0 Å². The number of Topliss-reactive ketones (excluding diaryl/α,β-unsaturated/α-hetero) is 1. The first-order valence-electron chi connectivity index (χ1n) is 3.99. The summed E-state index contributed by atoms with van der Waals surface area (Å²) in [6.45, 7) is 1.62. The number of aldehydes is 1. The number of benzene rings is 1. The van der Waals surface area contributed by atoms with E-state index >= 15 is 0 Å². The van der Waals surface area contributed by atoms with Gasteiger partial charge in [0.1, 0.15) is 0 Å². The van der Waals surface area contributed by atoms with Crippen LogP contribution in [0.3, 0.4) is 0 Å². The molecule has 4 heteroatoms. The zero-order chi connectivity index (χ0) is 10.7. The third-order valence-electron chi connectivity index (χ3n) is 1.77. The SMILES string of the molecule is CC(Cl)C(=O)c1ccc(C=O)c(Br)c1. The summed E-state index contributed by atoms with van der Waals surface area (Å²) in [7, 11) is 0. The monoisotopic (exact) mass is 274 g/mol. The van der Waals surface area contributed by atoms with Gasteiger partial charge in [0.25, 0.3) is 0 Å². The molecule has 0 radical (unpaired) electrons. The lowest BCUT2D eigenvalue weighted by Crippen LogP contribution is -2.10. The Morgan fingerprint density at radius 3 is 2.64 bits per heavy atom. The van der Waals surface area contributed by atoms with Crippen LogP contribution >= 0.6 is 27.5 Å². The average molecular weight is 276 g/mol. The molecule has 1 aromatic carbocycles. The number of hydrogen-bond donors (Lipinski definition) is 0. The topological polar surface area (TPSA) is 34.1 Å². The maximum Gasteiger partial charge on any atom is 0.180 e. The van der Waals surface area contributed by atoms with E-state index in [2.05, 4.69) is 15.9 Å². The van der Waals surface area contributed by atoms with Gasteiger partial charge >= 0.3 is 0 Å². The number of hydrogen-bond acceptors (Lipinski definition) is 2. The number of rotatable bonds is 3. The van der Waals surface area contributed by atoms with Gasteiger partial charge in [0.2, 0.25) is 0 Å². The minimum atomic E-state index is -0.552. The molecule has 0 spiro atoms. The van der Waals surface area contributed by atoms with Crippen LogP contribution in [0.25, 0.3) is 0 Å². The molecule has 74 valence electrons. The molecular formula is C10H8BrClO2. The van der Waals surface area contributed by atoms with Gasteiger partial charge in [0.05, 0.1) is 5.38 Å². The van der Waals surface area contributed by atoms with E-state index in [4.69, 9.17) is 11.6 Å². The molecule has 0 heterocycles. The predicted octanol–water partition coefficient (Wildman–Crippen LogP) is 3.07. The summed E-state index contributed by atoms with van der Waals surface area (Å²) in [6.07, 6.45) is 0.725. The van der Waals surface area contributed by atoms with Crippen molar-refractivity contribution in [3.63, 3.8) is 0 Å². The van der Waals surface area contributed by atoms with Gasteiger partial charge in [0.15, 0.2) is 12.1 Å². The molecule has 0 saturated heterocycles. The Kier molecular flexibility index (Phi) is 3.84. The highest BCUT2D eigenvalue weighted by molar-refractivity contribution is 9.10. The van der Waals surface area contributed by atoms with Gasteiger partial charge < -0.3 is 0 Å². The van der Waals surface area contributed by atoms with Crippen molar-refractivity contribution < 1.29 is 9.59 Å². The highest BCUT2D eigenvalue weighted by Gasteiger charge is 2.13. The van der Waals surface area contributed by atoms with Crippen LogP contribution in [-0.2, 0) is 0 Å². The Balaban J connectivity index is 3.08. The molecular weight excluding hydrogens is 267 g/mol. The van der Waals surface area contributed by atoms with Crippen LogP contribution in [0.1, 0.15) is 27.6 Å². The lowest BCUT2D eigenvalue weighted by molar-refractivity contribution is 0.0991. The summed E-state index contributed by atoms with van der Waals surface area (Å²) >= 11 is 8.85. The summed E-state index contributed by atoms with van der Waals surface area (Å²) in [6, 6.07) is 4.78. The molecule has 0 aliphatic carbocycles. The van der Waals surface area contributed by atoms with Crippen LogP contribution < -0.4 is 0 Å². The standard InChI is InChI=1S/C10H8BrClO2/c1-6(12)10(14)7-2-3-8(5-13)9(11)4-7/h2-6H,1H3. The van der Waals surface area contributed by atoms with E-state index < -0.39 is 5.38 Å². The van der Waals surface area contributed by atoms with E-state index in [9.17, 15) is 9.59 Å². The fraction of sp³-hybridized carbons (Fsp3) is 0.200. The molecule has 0 aliphatic heterocycles. The van der Waals surface area contributed by atoms with E-state index in [0.29, 0.717) is 15.6 Å². The molecule has 0 N–H and O–H groups in total. The minimum absolute atomic E-state index is 0.148. The van der Waals surface area contributed by atoms with E-state index in [1.807, 2.05) is 0 Å². The molecule has 0 aliphatic rings. The van der Waals surface area contributed by atoms with Crippen molar-refractivity contribution >= 4 is 39.6 Å². The molecule has 0 bridgehead atoms. The molecule has 1 atom stereocenters. The Hall–Kier alpha value is -0.670. The van der Waals surface area contributed by atoms with Crippen molar-refractivity contribution in [2.24, 2.45) is 0 Å². The van der Waals surface area contributed by atoms with Crippen molar-refractivity contribution in [1.82, 2.24) is 0 Å². The maximum absolute atomic E-state index is 11.5. The first kappa shape index (κ1) is 11.4.